The molecule has 18 heteroatoms. The quantitative estimate of drug-likeness (QED) is 0.151. The van der Waals surface area contributed by atoms with Crippen molar-refractivity contribution in [2.24, 2.45) is 0 Å². The Bertz CT molecular complexity index is 639. The second-order valence-corrected chi connectivity index (χ2v) is 9.46. The van der Waals surface area contributed by atoms with Crippen LogP contribution in [0.15, 0.2) is 0 Å². The minimum atomic E-state index is -5.36. The number of ether oxygens (including phenoxy) is 3. The van der Waals surface area contributed by atoms with Gasteiger partial charge in [-0.25, -0.2) is 13.7 Å². The third kappa shape index (κ3) is 10.4. The molecule has 0 aromatic rings. The first-order chi connectivity index (χ1) is 13.2. The van der Waals surface area contributed by atoms with E-state index < -0.39 is 54.2 Å². The van der Waals surface area contributed by atoms with Crippen LogP contribution in [-0.4, -0.2) is 80.4 Å². The predicted octanol–water partition coefficient (Wildman–Crippen LogP) is -0.392. The lowest BCUT2D eigenvalue weighted by atomic mass is 9.99. The Balaban J connectivity index is 3.29. The molecule has 1 rings (SSSR count). The molecule has 5 atom stereocenters. The van der Waals surface area contributed by atoms with E-state index in [1.807, 2.05) is 6.92 Å². The topological polar surface area (TPSA) is 228 Å². The largest absolute Gasteiger partial charge is 0.470 e. The first kappa shape index (κ1) is 27.2. The first-order valence-corrected chi connectivity index (χ1v) is 12.7. The van der Waals surface area contributed by atoms with Crippen molar-refractivity contribution in [1.29, 1.82) is 0 Å². The molecule has 0 aliphatic carbocycles. The van der Waals surface area contributed by atoms with Crippen molar-refractivity contribution in [3.63, 3.8) is 0 Å². The summed E-state index contributed by atoms with van der Waals surface area (Å²) in [6, 6.07) is 0. The van der Waals surface area contributed by atoms with Crippen LogP contribution in [0.2, 0.25) is 0 Å². The molecule has 29 heavy (non-hydrogen) atoms. The van der Waals surface area contributed by atoms with Crippen LogP contribution >= 0.6 is 23.5 Å². The first-order valence-electron chi connectivity index (χ1n) is 8.14. The maximum atomic E-state index is 11.4. The summed E-state index contributed by atoms with van der Waals surface area (Å²) in [5.41, 5.74) is 0. The summed E-state index contributed by atoms with van der Waals surface area (Å²) in [5, 5.41) is 0. The molecule has 0 aromatic heterocycles. The summed E-state index contributed by atoms with van der Waals surface area (Å²) in [4.78, 5) is 54.9. The van der Waals surface area contributed by atoms with Gasteiger partial charge in [0, 0.05) is 13.7 Å². The molecule has 15 nitrogen and oxygen atoms in total. The molecule has 1 fully saturated rings. The van der Waals surface area contributed by atoms with Crippen LogP contribution in [-0.2, 0) is 41.5 Å². The van der Waals surface area contributed by atoms with Crippen LogP contribution in [0.4, 0.5) is 0 Å². The summed E-state index contributed by atoms with van der Waals surface area (Å²) >= 11 is 0. The fraction of sp³-hybridized carbons (Fsp3) is 1.00. The summed E-state index contributed by atoms with van der Waals surface area (Å²) < 4.78 is 63.1. The van der Waals surface area contributed by atoms with Crippen molar-refractivity contribution < 1.29 is 70.8 Å². The summed E-state index contributed by atoms with van der Waals surface area (Å²) in [6.45, 7) is 1.74. The highest BCUT2D eigenvalue weighted by atomic mass is 31.2. The highest BCUT2D eigenvalue weighted by Crippen LogP contribution is 2.50. The molecular weight excluding hydrogens is 465 g/mol. The number of rotatable bonds is 12. The Morgan fingerprint density at radius 1 is 0.828 bits per heavy atom. The minimum absolute atomic E-state index is 0.225. The molecular formula is C11H25O15P3. The van der Waals surface area contributed by atoms with Crippen LogP contribution in [0.5, 0.6) is 0 Å². The normalized spacial score (nSPS) is 29.2. The monoisotopic (exact) mass is 490 g/mol. The van der Waals surface area contributed by atoms with Gasteiger partial charge in [0.1, 0.15) is 24.4 Å². The van der Waals surface area contributed by atoms with E-state index in [9.17, 15) is 33.3 Å². The second-order valence-electron chi connectivity index (χ2n) is 5.89. The molecule has 6 N–H and O–H groups in total. The average Bonchev–Trinajstić information content (AvgIpc) is 2.52. The van der Waals surface area contributed by atoms with Crippen LogP contribution in [0.1, 0.15) is 19.8 Å². The molecule has 1 saturated heterocycles. The van der Waals surface area contributed by atoms with E-state index in [0.717, 1.165) is 13.5 Å². The zero-order valence-electron chi connectivity index (χ0n) is 15.4. The second kappa shape index (κ2) is 11.2. The lowest BCUT2D eigenvalue weighted by Crippen LogP contribution is -2.61. The van der Waals surface area contributed by atoms with E-state index >= 15 is 0 Å². The maximum Gasteiger partial charge on any atom is 0.470 e. The molecule has 174 valence electrons. The third-order valence-corrected chi connectivity index (χ3v) is 5.08. The fourth-order valence-corrected chi connectivity index (χ4v) is 4.15. The van der Waals surface area contributed by atoms with Gasteiger partial charge in [-0.2, -0.15) is 0 Å². The van der Waals surface area contributed by atoms with Crippen molar-refractivity contribution >= 4 is 23.5 Å². The Kier molecular flexibility index (Phi) is 10.5. The number of hydrogen-bond donors (Lipinski definition) is 6. The van der Waals surface area contributed by atoms with Crippen LogP contribution in [0.25, 0.3) is 0 Å². The Labute approximate surface area is 165 Å². The number of phosphoric acid groups is 3. The van der Waals surface area contributed by atoms with Crippen molar-refractivity contribution in [2.75, 3.05) is 20.3 Å². The molecule has 0 bridgehead atoms. The van der Waals surface area contributed by atoms with Gasteiger partial charge in [0.05, 0.1) is 6.61 Å². The van der Waals surface area contributed by atoms with Crippen molar-refractivity contribution in [1.82, 2.24) is 0 Å². The molecule has 1 heterocycles. The third-order valence-electron chi connectivity index (χ3n) is 3.52. The molecule has 1 unspecified atom stereocenters. The Morgan fingerprint density at radius 2 is 1.31 bits per heavy atom. The smallest absolute Gasteiger partial charge is 0.379 e. The van der Waals surface area contributed by atoms with Gasteiger partial charge < -0.3 is 43.6 Å². The highest BCUT2D eigenvalue weighted by Gasteiger charge is 2.54. The van der Waals surface area contributed by atoms with E-state index in [4.69, 9.17) is 24.0 Å². The zero-order valence-corrected chi connectivity index (χ0v) is 18.1. The van der Waals surface area contributed by atoms with E-state index in [0.29, 0.717) is 6.42 Å². The van der Waals surface area contributed by atoms with Gasteiger partial charge in [0.2, 0.25) is 0 Å². The zero-order chi connectivity index (χ0) is 22.5. The van der Waals surface area contributed by atoms with Crippen molar-refractivity contribution in [3.05, 3.63) is 0 Å². The molecule has 0 aromatic carbocycles. The molecule has 1 aliphatic heterocycles. The number of hydrogen-bond acceptors (Lipinski definition) is 9. The molecule has 0 saturated carbocycles. The molecule has 0 spiro atoms. The van der Waals surface area contributed by atoms with Crippen LogP contribution < -0.4 is 0 Å². The Hall–Kier alpha value is 0.210. The van der Waals surface area contributed by atoms with E-state index in [2.05, 4.69) is 13.6 Å². The lowest BCUT2D eigenvalue weighted by Gasteiger charge is -2.44. The van der Waals surface area contributed by atoms with Crippen LogP contribution in [0, 0.1) is 0 Å². The van der Waals surface area contributed by atoms with Crippen LogP contribution in [0.3, 0.4) is 0 Å². The summed E-state index contributed by atoms with van der Waals surface area (Å²) in [5.74, 6) is 0. The number of unbranched alkanes of at least 4 members (excludes halogenated alkanes) is 1. The minimum Gasteiger partial charge on any atom is -0.379 e. The number of methoxy groups -OCH3 is 1. The van der Waals surface area contributed by atoms with E-state index in [1.165, 1.54) is 0 Å². The van der Waals surface area contributed by atoms with E-state index in [-0.39, 0.29) is 13.2 Å². The van der Waals surface area contributed by atoms with Gasteiger partial charge in [-0.3, -0.25) is 13.6 Å². The summed E-state index contributed by atoms with van der Waals surface area (Å²) in [7, 11) is -14.9. The molecule has 1 aliphatic rings. The van der Waals surface area contributed by atoms with Gasteiger partial charge in [-0.15, -0.1) is 0 Å². The van der Waals surface area contributed by atoms with Gasteiger partial charge in [-0.1, -0.05) is 13.3 Å². The van der Waals surface area contributed by atoms with Crippen molar-refractivity contribution in [2.45, 2.75) is 50.5 Å². The molecule has 0 radical (unpaired) electrons. The SMILES string of the molecule is CCCCOC[C@H]1OC(OC)[C@@H](OP(=O)(O)O)[C@H](OP(=O)(O)O)[C@@H]1OP(=O)(O)O. The summed E-state index contributed by atoms with van der Waals surface area (Å²) in [6.07, 6.45) is -7.75. The highest BCUT2D eigenvalue weighted by molar-refractivity contribution is 7.47. The Morgan fingerprint density at radius 3 is 1.76 bits per heavy atom. The average molecular weight is 490 g/mol. The lowest BCUT2D eigenvalue weighted by molar-refractivity contribution is -0.287. The predicted molar refractivity (Wildman–Crippen MR) is 92.1 cm³/mol. The van der Waals surface area contributed by atoms with Crippen molar-refractivity contribution in [3.8, 4) is 0 Å². The van der Waals surface area contributed by atoms with Gasteiger partial charge in [-0.05, 0) is 6.42 Å². The standard InChI is InChI=1S/C11H25O15P3/c1-3-4-5-22-6-7-8(24-27(12,13)14)9(25-28(15,16)17)10(11(21-2)23-7)26-29(18,19)20/h7-11H,3-6H2,1-2H3,(H2,12,13,14)(H2,15,16,17)(H2,18,19,20)/t7-,8-,9-,10+,11?/m1/s1. The van der Waals surface area contributed by atoms with Gasteiger partial charge in [0.25, 0.3) is 0 Å². The van der Waals surface area contributed by atoms with Gasteiger partial charge >= 0.3 is 23.5 Å². The van der Waals surface area contributed by atoms with E-state index in [1.54, 1.807) is 0 Å². The maximum absolute atomic E-state index is 11.4. The van der Waals surface area contributed by atoms with Gasteiger partial charge in [0.15, 0.2) is 6.29 Å². The fourth-order valence-electron chi connectivity index (χ4n) is 2.48. The number of phosphoric ester groups is 3. The molecule has 0 amide bonds.